The second-order valence-corrected chi connectivity index (χ2v) is 5.29. The number of hydrogen-bond acceptors (Lipinski definition) is 2. The predicted octanol–water partition coefficient (Wildman–Crippen LogP) is 3.18. The van der Waals surface area contributed by atoms with E-state index in [0.29, 0.717) is 5.92 Å². The van der Waals surface area contributed by atoms with E-state index < -0.39 is 0 Å². The molecule has 1 heterocycles. The first kappa shape index (κ1) is 11.4. The van der Waals surface area contributed by atoms with Crippen LogP contribution >= 0.6 is 22.6 Å². The summed E-state index contributed by atoms with van der Waals surface area (Å²) in [5.74, 6) is 0.436. The Morgan fingerprint density at radius 2 is 2.06 bits per heavy atom. The Hall–Kier alpha value is -1.04. The van der Waals surface area contributed by atoms with E-state index in [1.807, 2.05) is 35.1 Å². The van der Waals surface area contributed by atoms with E-state index in [1.54, 1.807) is 0 Å². The van der Waals surface area contributed by atoms with E-state index in [0.717, 1.165) is 20.6 Å². The summed E-state index contributed by atoms with van der Waals surface area (Å²) in [5, 5.41) is 4.50. The molecule has 0 aliphatic rings. The molecule has 0 spiro atoms. The van der Waals surface area contributed by atoms with Gasteiger partial charge in [-0.05, 0) is 52.8 Å². The second kappa shape index (κ2) is 4.45. The van der Waals surface area contributed by atoms with Gasteiger partial charge in [0.05, 0.1) is 17.1 Å². The van der Waals surface area contributed by atoms with Gasteiger partial charge in [0.15, 0.2) is 0 Å². The van der Waals surface area contributed by atoms with Crippen molar-refractivity contribution in [2.45, 2.75) is 19.8 Å². The molecule has 0 aliphatic carbocycles. The topological polar surface area (TPSA) is 43.8 Å². The van der Waals surface area contributed by atoms with Crippen molar-refractivity contribution in [2.24, 2.45) is 0 Å². The fraction of sp³-hybridized carbons (Fsp3) is 0.250. The van der Waals surface area contributed by atoms with Crippen LogP contribution in [0.2, 0.25) is 0 Å². The van der Waals surface area contributed by atoms with Gasteiger partial charge < -0.3 is 5.73 Å². The first-order valence-electron chi connectivity index (χ1n) is 5.19. The number of benzene rings is 1. The number of hydrogen-bond donors (Lipinski definition) is 1. The highest BCUT2D eigenvalue weighted by Gasteiger charge is 2.07. The summed E-state index contributed by atoms with van der Waals surface area (Å²) in [7, 11) is 0. The van der Waals surface area contributed by atoms with Crippen molar-refractivity contribution in [3.63, 3.8) is 0 Å². The van der Waals surface area contributed by atoms with Crippen molar-refractivity contribution in [1.29, 1.82) is 0 Å². The van der Waals surface area contributed by atoms with Gasteiger partial charge in [0, 0.05) is 9.77 Å². The molecule has 1 aromatic carbocycles. The highest BCUT2D eigenvalue weighted by atomic mass is 127. The van der Waals surface area contributed by atoms with Crippen LogP contribution in [-0.4, -0.2) is 9.78 Å². The molecule has 0 atom stereocenters. The molecule has 0 saturated heterocycles. The summed E-state index contributed by atoms with van der Waals surface area (Å²) < 4.78 is 2.97. The lowest BCUT2D eigenvalue weighted by Gasteiger charge is -2.06. The number of rotatable bonds is 2. The first-order valence-corrected chi connectivity index (χ1v) is 6.27. The molecule has 4 heteroatoms. The number of nitrogen functional groups attached to an aromatic ring is 1. The monoisotopic (exact) mass is 327 g/mol. The van der Waals surface area contributed by atoms with Crippen LogP contribution in [-0.2, 0) is 0 Å². The third-order valence-corrected chi connectivity index (χ3v) is 3.11. The first-order chi connectivity index (χ1) is 7.58. The number of nitrogens with zero attached hydrogens (tertiary/aromatic N) is 2. The van der Waals surface area contributed by atoms with Gasteiger partial charge in [-0.3, -0.25) is 0 Å². The largest absolute Gasteiger partial charge is 0.397 e. The highest BCUT2D eigenvalue weighted by Crippen LogP contribution is 2.21. The zero-order chi connectivity index (χ0) is 11.7. The Morgan fingerprint density at radius 1 is 1.31 bits per heavy atom. The molecule has 0 saturated carbocycles. The smallest absolute Gasteiger partial charge is 0.0875 e. The molecular formula is C12H14IN3. The molecule has 1 aromatic heterocycles. The maximum atomic E-state index is 5.97. The predicted molar refractivity (Wildman–Crippen MR) is 74.8 cm³/mol. The number of anilines is 1. The average molecular weight is 327 g/mol. The molecule has 0 aliphatic heterocycles. The SMILES string of the molecule is CC(C)c1ccn(-c2ccc(I)cc2N)n1. The van der Waals surface area contributed by atoms with Crippen LogP contribution in [0.25, 0.3) is 5.69 Å². The molecule has 0 amide bonds. The normalized spacial score (nSPS) is 11.0. The summed E-state index contributed by atoms with van der Waals surface area (Å²) >= 11 is 2.25. The van der Waals surface area contributed by atoms with Crippen LogP contribution in [0.15, 0.2) is 30.5 Å². The molecule has 2 rings (SSSR count). The molecular weight excluding hydrogens is 313 g/mol. The molecule has 2 N–H and O–H groups in total. The lowest BCUT2D eigenvalue weighted by atomic mass is 10.1. The zero-order valence-corrected chi connectivity index (χ0v) is 11.5. The van der Waals surface area contributed by atoms with Gasteiger partial charge in [-0.2, -0.15) is 5.10 Å². The number of halogens is 1. The Labute approximate surface area is 109 Å². The molecule has 3 nitrogen and oxygen atoms in total. The average Bonchev–Trinajstić information content (AvgIpc) is 2.66. The summed E-state index contributed by atoms with van der Waals surface area (Å²) in [5.41, 5.74) is 8.75. The maximum Gasteiger partial charge on any atom is 0.0875 e. The highest BCUT2D eigenvalue weighted by molar-refractivity contribution is 14.1. The molecule has 2 aromatic rings. The molecule has 0 radical (unpaired) electrons. The van der Waals surface area contributed by atoms with E-state index in [4.69, 9.17) is 5.73 Å². The van der Waals surface area contributed by atoms with Gasteiger partial charge >= 0.3 is 0 Å². The molecule has 16 heavy (non-hydrogen) atoms. The van der Waals surface area contributed by atoms with Crippen molar-refractivity contribution < 1.29 is 0 Å². The third-order valence-electron chi connectivity index (χ3n) is 2.44. The van der Waals surface area contributed by atoms with Gasteiger partial charge in [-0.25, -0.2) is 4.68 Å². The van der Waals surface area contributed by atoms with Gasteiger partial charge in [0.2, 0.25) is 0 Å². The van der Waals surface area contributed by atoms with Crippen LogP contribution in [0, 0.1) is 3.57 Å². The van der Waals surface area contributed by atoms with Crippen molar-refractivity contribution in [1.82, 2.24) is 9.78 Å². The van der Waals surface area contributed by atoms with Crippen LogP contribution < -0.4 is 5.73 Å². The number of nitrogens with two attached hydrogens (primary N) is 1. The summed E-state index contributed by atoms with van der Waals surface area (Å²) in [6.45, 7) is 4.26. The minimum Gasteiger partial charge on any atom is -0.397 e. The molecule has 0 unspecified atom stereocenters. The fourth-order valence-corrected chi connectivity index (χ4v) is 2.03. The maximum absolute atomic E-state index is 5.97. The van der Waals surface area contributed by atoms with Gasteiger partial charge in [-0.1, -0.05) is 13.8 Å². The number of aromatic nitrogens is 2. The van der Waals surface area contributed by atoms with Crippen molar-refractivity contribution in [3.05, 3.63) is 39.7 Å². The fourth-order valence-electron chi connectivity index (χ4n) is 1.51. The minimum atomic E-state index is 0.436. The minimum absolute atomic E-state index is 0.436. The quantitative estimate of drug-likeness (QED) is 0.680. The van der Waals surface area contributed by atoms with Crippen molar-refractivity contribution >= 4 is 28.3 Å². The molecule has 0 fully saturated rings. The van der Waals surface area contributed by atoms with Crippen LogP contribution in [0.1, 0.15) is 25.5 Å². The lowest BCUT2D eigenvalue weighted by Crippen LogP contribution is -2.01. The van der Waals surface area contributed by atoms with Crippen molar-refractivity contribution in [2.75, 3.05) is 5.73 Å². The Morgan fingerprint density at radius 3 is 2.62 bits per heavy atom. The van der Waals surface area contributed by atoms with Crippen LogP contribution in [0.3, 0.4) is 0 Å². The second-order valence-electron chi connectivity index (χ2n) is 4.04. The van der Waals surface area contributed by atoms with Gasteiger partial charge in [-0.15, -0.1) is 0 Å². The summed E-state index contributed by atoms with van der Waals surface area (Å²) in [4.78, 5) is 0. The standard InChI is InChI=1S/C12H14IN3/c1-8(2)11-5-6-16(15-11)12-4-3-9(13)7-10(12)14/h3-8H,14H2,1-2H3. The van der Waals surface area contributed by atoms with E-state index in [-0.39, 0.29) is 0 Å². The molecule has 84 valence electrons. The van der Waals surface area contributed by atoms with E-state index in [9.17, 15) is 0 Å². The van der Waals surface area contributed by atoms with E-state index in [1.165, 1.54) is 0 Å². The van der Waals surface area contributed by atoms with Crippen molar-refractivity contribution in [3.8, 4) is 5.69 Å². The summed E-state index contributed by atoms with van der Waals surface area (Å²) in [6, 6.07) is 8.01. The zero-order valence-electron chi connectivity index (χ0n) is 9.31. The lowest BCUT2D eigenvalue weighted by molar-refractivity contribution is 0.769. The van der Waals surface area contributed by atoms with Crippen LogP contribution in [0.5, 0.6) is 0 Å². The van der Waals surface area contributed by atoms with E-state index in [2.05, 4.69) is 41.5 Å². The Bertz CT molecular complexity index is 503. The van der Waals surface area contributed by atoms with Gasteiger partial charge in [0.25, 0.3) is 0 Å². The van der Waals surface area contributed by atoms with Gasteiger partial charge in [0.1, 0.15) is 0 Å². The van der Waals surface area contributed by atoms with E-state index >= 15 is 0 Å². The Balaban J connectivity index is 2.42. The third kappa shape index (κ3) is 2.21. The Kier molecular flexibility index (Phi) is 3.18. The van der Waals surface area contributed by atoms with Crippen LogP contribution in [0.4, 0.5) is 5.69 Å². The summed E-state index contributed by atoms with van der Waals surface area (Å²) in [6.07, 6.45) is 1.95. The molecule has 0 bridgehead atoms.